The van der Waals surface area contributed by atoms with E-state index in [-0.39, 0.29) is 32.3 Å². The van der Waals surface area contributed by atoms with Crippen LogP contribution < -0.4 is 0 Å². The van der Waals surface area contributed by atoms with Crippen LogP contribution in [0.2, 0.25) is 0 Å². The van der Waals surface area contributed by atoms with Gasteiger partial charge in [-0.05, 0) is 6.92 Å². The molecule has 0 atom stereocenters. The number of halogens is 1. The van der Waals surface area contributed by atoms with Crippen LogP contribution in [0.4, 0.5) is 9.59 Å². The molecule has 0 aliphatic carbocycles. The number of alkyl halides is 1. The van der Waals surface area contributed by atoms with Crippen LogP contribution in [0.15, 0.2) is 0 Å². The maximum Gasteiger partial charge on any atom is 0.525 e. The number of rotatable bonds is 5. The van der Waals surface area contributed by atoms with Crippen molar-refractivity contribution in [2.75, 3.05) is 32.3 Å². The monoisotopic (exact) mass is 271 g/mol. The van der Waals surface area contributed by atoms with Gasteiger partial charge in [0.2, 0.25) is 0 Å². The fourth-order valence-corrected chi connectivity index (χ4v) is 3.02. The minimum atomic E-state index is -3.36. The Kier molecular flexibility index (Phi) is 5.41. The molecule has 0 bridgehead atoms. The third-order valence-electron chi connectivity index (χ3n) is 1.68. The van der Waals surface area contributed by atoms with Crippen LogP contribution in [0.5, 0.6) is 0 Å². The fraction of sp³-hybridized carbons (Fsp3) is 0.750. The number of hydrogen-bond donors (Lipinski definition) is 0. The standard InChI is InChI=1S/C8H13ClO6P/c1-2-12-7(10)16(14-5-6-15-16)8(11)13-4-3-9/h2-6H2,1H3/q+1. The molecule has 0 N–H and O–H groups in total. The van der Waals surface area contributed by atoms with E-state index in [1.54, 1.807) is 6.92 Å². The van der Waals surface area contributed by atoms with Gasteiger partial charge in [-0.2, -0.15) is 18.6 Å². The van der Waals surface area contributed by atoms with Crippen molar-refractivity contribution in [1.82, 2.24) is 0 Å². The molecule has 0 unspecified atom stereocenters. The van der Waals surface area contributed by atoms with Crippen LogP contribution in [-0.4, -0.2) is 43.7 Å². The molecule has 0 radical (unpaired) electrons. The maximum atomic E-state index is 11.7. The van der Waals surface area contributed by atoms with Crippen molar-refractivity contribution in [3.8, 4) is 0 Å². The van der Waals surface area contributed by atoms with E-state index in [1.807, 2.05) is 0 Å². The van der Waals surface area contributed by atoms with Crippen LogP contribution in [0.25, 0.3) is 0 Å². The van der Waals surface area contributed by atoms with Gasteiger partial charge in [0.1, 0.15) is 19.8 Å². The largest absolute Gasteiger partial charge is 0.525 e. The Morgan fingerprint density at radius 1 is 1.25 bits per heavy atom. The number of carbonyl (C=O) groups is 2. The summed E-state index contributed by atoms with van der Waals surface area (Å²) in [6.07, 6.45) is 0. The molecule has 6 nitrogen and oxygen atoms in total. The maximum absolute atomic E-state index is 11.7. The highest BCUT2D eigenvalue weighted by atomic mass is 35.5. The molecule has 0 aromatic heterocycles. The Morgan fingerprint density at radius 2 is 1.81 bits per heavy atom. The van der Waals surface area contributed by atoms with Crippen molar-refractivity contribution >= 4 is 30.7 Å². The molecule has 92 valence electrons. The van der Waals surface area contributed by atoms with Gasteiger partial charge in [-0.15, -0.1) is 11.6 Å². The highest BCUT2D eigenvalue weighted by Crippen LogP contribution is 2.66. The second-order valence-corrected chi connectivity index (χ2v) is 5.45. The van der Waals surface area contributed by atoms with E-state index in [1.165, 1.54) is 0 Å². The van der Waals surface area contributed by atoms with Gasteiger partial charge in [0.25, 0.3) is 0 Å². The summed E-state index contributed by atoms with van der Waals surface area (Å²) in [5.74, 6) is 0.147. The first-order chi connectivity index (χ1) is 7.67. The second-order valence-electron chi connectivity index (χ2n) is 2.72. The lowest BCUT2D eigenvalue weighted by atomic mass is 10.8. The van der Waals surface area contributed by atoms with Gasteiger partial charge >= 0.3 is 19.1 Å². The van der Waals surface area contributed by atoms with E-state index >= 15 is 0 Å². The zero-order valence-corrected chi connectivity index (χ0v) is 10.5. The van der Waals surface area contributed by atoms with Crippen LogP contribution in [0.1, 0.15) is 6.92 Å². The molecule has 8 heteroatoms. The molecular formula is C8H13ClO6P+. The minimum absolute atomic E-state index is 0.00820. The molecule has 0 aromatic rings. The zero-order chi connectivity index (χ0) is 12.0. The van der Waals surface area contributed by atoms with Crippen LogP contribution >= 0.6 is 19.3 Å². The molecule has 1 aliphatic rings. The van der Waals surface area contributed by atoms with Crippen molar-refractivity contribution < 1.29 is 28.1 Å². The van der Waals surface area contributed by atoms with Gasteiger partial charge in [-0.25, -0.2) is 0 Å². The molecule has 0 amide bonds. The van der Waals surface area contributed by atoms with E-state index < -0.39 is 19.1 Å². The Bertz CT molecular complexity index is 265. The molecule has 16 heavy (non-hydrogen) atoms. The Balaban J connectivity index is 2.71. The minimum Gasteiger partial charge on any atom is -0.432 e. The summed E-state index contributed by atoms with van der Waals surface area (Å²) >= 11 is 5.38. The molecule has 0 saturated carbocycles. The quantitative estimate of drug-likeness (QED) is 0.565. The Morgan fingerprint density at radius 3 is 2.31 bits per heavy atom. The summed E-state index contributed by atoms with van der Waals surface area (Å²) in [6, 6.07) is 0. The van der Waals surface area contributed by atoms with Gasteiger partial charge in [-0.3, -0.25) is 0 Å². The normalized spacial score (nSPS) is 18.1. The predicted molar refractivity (Wildman–Crippen MR) is 57.9 cm³/mol. The predicted octanol–water partition coefficient (Wildman–Crippen LogP) is 2.41. The summed E-state index contributed by atoms with van der Waals surface area (Å²) in [5.41, 5.74) is -1.60. The molecule has 0 aromatic carbocycles. The van der Waals surface area contributed by atoms with Crippen molar-refractivity contribution in [2.45, 2.75) is 6.92 Å². The number of hydrogen-bond acceptors (Lipinski definition) is 6. The second kappa shape index (κ2) is 6.35. The molecule has 1 rings (SSSR count). The van der Waals surface area contributed by atoms with E-state index in [9.17, 15) is 9.59 Å². The lowest BCUT2D eigenvalue weighted by Gasteiger charge is -2.11. The lowest BCUT2D eigenvalue weighted by molar-refractivity contribution is 0.159. The third-order valence-corrected chi connectivity index (χ3v) is 4.15. The number of carbonyl (C=O) groups excluding carboxylic acids is 2. The van der Waals surface area contributed by atoms with Crippen LogP contribution in [0.3, 0.4) is 0 Å². The fourth-order valence-electron chi connectivity index (χ4n) is 1.07. The van der Waals surface area contributed by atoms with E-state index in [0.29, 0.717) is 0 Å². The smallest absolute Gasteiger partial charge is 0.432 e. The van der Waals surface area contributed by atoms with E-state index in [2.05, 4.69) is 0 Å². The van der Waals surface area contributed by atoms with Crippen molar-refractivity contribution in [2.24, 2.45) is 0 Å². The Hall–Kier alpha value is -0.420. The van der Waals surface area contributed by atoms with Crippen molar-refractivity contribution in [1.29, 1.82) is 0 Å². The summed E-state index contributed by atoms with van der Waals surface area (Å²) in [7, 11) is -3.36. The van der Waals surface area contributed by atoms with Crippen LogP contribution in [0, 0.1) is 0 Å². The SMILES string of the molecule is CCOC(=O)[P+]1(C(=O)OCCCl)OCCO1. The first-order valence-corrected chi connectivity index (χ1v) is 6.92. The third kappa shape index (κ3) is 2.83. The summed E-state index contributed by atoms with van der Waals surface area (Å²) in [6.45, 7) is 2.16. The number of ether oxygens (including phenoxy) is 2. The van der Waals surface area contributed by atoms with Gasteiger partial charge in [0, 0.05) is 0 Å². The van der Waals surface area contributed by atoms with Crippen molar-refractivity contribution in [3.63, 3.8) is 0 Å². The summed E-state index contributed by atoms with van der Waals surface area (Å²) < 4.78 is 19.8. The molecular weight excluding hydrogens is 259 g/mol. The average molecular weight is 272 g/mol. The average Bonchev–Trinajstić information content (AvgIpc) is 2.76. The van der Waals surface area contributed by atoms with E-state index in [4.69, 9.17) is 30.1 Å². The molecule has 1 saturated heterocycles. The Labute approximate surface area is 98.6 Å². The first kappa shape index (κ1) is 13.6. The van der Waals surface area contributed by atoms with Crippen molar-refractivity contribution in [3.05, 3.63) is 0 Å². The molecule has 1 aliphatic heterocycles. The van der Waals surface area contributed by atoms with Crippen LogP contribution in [-0.2, 0) is 18.5 Å². The zero-order valence-electron chi connectivity index (χ0n) is 8.81. The van der Waals surface area contributed by atoms with Gasteiger partial charge < -0.3 is 9.47 Å². The van der Waals surface area contributed by atoms with Gasteiger partial charge in [0.15, 0.2) is 0 Å². The topological polar surface area (TPSA) is 71.1 Å². The summed E-state index contributed by atoms with van der Waals surface area (Å²) in [5, 5.41) is 0. The molecule has 1 heterocycles. The van der Waals surface area contributed by atoms with Gasteiger partial charge in [-0.1, -0.05) is 0 Å². The highest BCUT2D eigenvalue weighted by Gasteiger charge is 2.68. The lowest BCUT2D eigenvalue weighted by Crippen LogP contribution is -2.19. The highest BCUT2D eigenvalue weighted by molar-refractivity contribution is 7.96. The van der Waals surface area contributed by atoms with Gasteiger partial charge in [0.05, 0.1) is 12.5 Å². The first-order valence-electron chi connectivity index (χ1n) is 4.76. The van der Waals surface area contributed by atoms with E-state index in [0.717, 1.165) is 0 Å². The molecule has 0 spiro atoms. The molecule has 1 fully saturated rings. The summed E-state index contributed by atoms with van der Waals surface area (Å²) in [4.78, 5) is 23.3.